The molecular weight excluding hydrogens is 338 g/mol. The Morgan fingerprint density at radius 2 is 1.93 bits per heavy atom. The highest BCUT2D eigenvalue weighted by atomic mass is 16.5. The van der Waals surface area contributed by atoms with Gasteiger partial charge in [0.1, 0.15) is 5.75 Å². The van der Waals surface area contributed by atoms with Crippen molar-refractivity contribution in [2.24, 2.45) is 11.3 Å². The Kier molecular flexibility index (Phi) is 5.18. The Morgan fingerprint density at radius 1 is 1.26 bits per heavy atom. The van der Waals surface area contributed by atoms with Gasteiger partial charge < -0.3 is 15.2 Å². The number of benzene rings is 2. The van der Waals surface area contributed by atoms with E-state index in [1.807, 2.05) is 12.1 Å². The predicted octanol–water partition coefficient (Wildman–Crippen LogP) is 5.59. The molecule has 2 N–H and O–H groups in total. The molecule has 0 aromatic heterocycles. The zero-order valence-electron chi connectivity index (χ0n) is 16.8. The summed E-state index contributed by atoms with van der Waals surface area (Å²) in [5.41, 5.74) is 5.68. The zero-order valence-corrected chi connectivity index (χ0v) is 16.8. The van der Waals surface area contributed by atoms with Gasteiger partial charge in [0.05, 0.1) is 12.6 Å². The fourth-order valence-electron chi connectivity index (χ4n) is 3.91. The van der Waals surface area contributed by atoms with E-state index in [4.69, 9.17) is 4.74 Å². The van der Waals surface area contributed by atoms with E-state index in [1.54, 1.807) is 0 Å². The number of hydrogen-bond acceptors (Lipinski definition) is 2. The predicted molar refractivity (Wildman–Crippen MR) is 108 cm³/mol. The van der Waals surface area contributed by atoms with Crippen LogP contribution in [0.5, 0.6) is 5.75 Å². The van der Waals surface area contributed by atoms with Crippen molar-refractivity contribution in [1.82, 2.24) is 5.32 Å². The lowest BCUT2D eigenvalue weighted by atomic mass is 9.85. The van der Waals surface area contributed by atoms with Crippen LogP contribution in [0.2, 0.25) is 0 Å². The second-order valence-electron chi connectivity index (χ2n) is 8.64. The highest BCUT2D eigenvalue weighted by molar-refractivity contribution is 5.71. The maximum atomic E-state index is 11.2. The van der Waals surface area contributed by atoms with E-state index in [-0.39, 0.29) is 11.5 Å². The van der Waals surface area contributed by atoms with Crippen LogP contribution in [-0.2, 0) is 6.42 Å². The number of nitrogens with one attached hydrogen (secondary N) is 1. The van der Waals surface area contributed by atoms with Gasteiger partial charge >= 0.3 is 6.09 Å². The number of fused-ring (bicyclic) bond motifs is 1. The SMILES string of the molecule is Cc1cc2c(cc1-c1ccc(OCC(C)C)cc1)CC(C)(C)[C@H]2NC(=O)O. The highest BCUT2D eigenvalue weighted by Gasteiger charge is 2.40. The average Bonchev–Trinajstić information content (AvgIpc) is 2.82. The van der Waals surface area contributed by atoms with Gasteiger partial charge in [0.15, 0.2) is 0 Å². The van der Waals surface area contributed by atoms with E-state index in [1.165, 1.54) is 11.1 Å². The van der Waals surface area contributed by atoms with E-state index in [0.29, 0.717) is 12.5 Å². The van der Waals surface area contributed by atoms with E-state index in [9.17, 15) is 9.90 Å². The third kappa shape index (κ3) is 4.10. The molecule has 0 saturated carbocycles. The molecule has 0 unspecified atom stereocenters. The molecular formula is C23H29NO3. The molecule has 0 saturated heterocycles. The standard InChI is InChI=1S/C23H29NO3/c1-14(2)13-27-18-8-6-16(7-9-18)19-11-17-12-23(4,5)21(24-22(25)26)20(17)10-15(19)3/h6-11,14,21,24H,12-13H2,1-5H3,(H,25,26)/t21-/m0/s1. The average molecular weight is 367 g/mol. The number of amides is 1. The maximum absolute atomic E-state index is 11.2. The van der Waals surface area contributed by atoms with Gasteiger partial charge in [-0.2, -0.15) is 0 Å². The van der Waals surface area contributed by atoms with Crippen molar-refractivity contribution < 1.29 is 14.6 Å². The third-order valence-electron chi connectivity index (χ3n) is 5.24. The van der Waals surface area contributed by atoms with Crippen LogP contribution in [0, 0.1) is 18.3 Å². The summed E-state index contributed by atoms with van der Waals surface area (Å²) < 4.78 is 5.78. The number of hydrogen-bond donors (Lipinski definition) is 2. The van der Waals surface area contributed by atoms with Crippen molar-refractivity contribution in [3.63, 3.8) is 0 Å². The van der Waals surface area contributed by atoms with Crippen molar-refractivity contribution >= 4 is 6.09 Å². The molecule has 4 heteroatoms. The topological polar surface area (TPSA) is 58.6 Å². The van der Waals surface area contributed by atoms with Gasteiger partial charge in [-0.3, -0.25) is 0 Å². The zero-order chi connectivity index (χ0) is 19.8. The molecule has 1 aliphatic rings. The largest absolute Gasteiger partial charge is 0.493 e. The fourth-order valence-corrected chi connectivity index (χ4v) is 3.91. The second-order valence-corrected chi connectivity index (χ2v) is 8.64. The van der Waals surface area contributed by atoms with Gasteiger partial charge in [-0.15, -0.1) is 0 Å². The summed E-state index contributed by atoms with van der Waals surface area (Å²) in [6.07, 6.45) is -0.115. The van der Waals surface area contributed by atoms with Crippen molar-refractivity contribution in [2.75, 3.05) is 6.61 Å². The molecule has 3 rings (SSSR count). The fraction of sp³-hybridized carbons (Fsp3) is 0.435. The molecule has 0 aliphatic heterocycles. The summed E-state index contributed by atoms with van der Waals surface area (Å²) in [4.78, 5) is 11.2. The monoisotopic (exact) mass is 367 g/mol. The molecule has 27 heavy (non-hydrogen) atoms. The van der Waals surface area contributed by atoms with Crippen molar-refractivity contribution in [1.29, 1.82) is 0 Å². The molecule has 0 fully saturated rings. The van der Waals surface area contributed by atoms with Gasteiger partial charge in [0.2, 0.25) is 0 Å². The lowest BCUT2D eigenvalue weighted by Gasteiger charge is -2.27. The summed E-state index contributed by atoms with van der Waals surface area (Å²) in [7, 11) is 0. The van der Waals surface area contributed by atoms with Gasteiger partial charge in [0.25, 0.3) is 0 Å². The van der Waals surface area contributed by atoms with Crippen LogP contribution in [-0.4, -0.2) is 17.8 Å². The van der Waals surface area contributed by atoms with Gasteiger partial charge in [-0.1, -0.05) is 52.0 Å². The highest BCUT2D eigenvalue weighted by Crippen LogP contribution is 2.47. The molecule has 0 heterocycles. The smallest absolute Gasteiger partial charge is 0.405 e. The van der Waals surface area contributed by atoms with E-state index >= 15 is 0 Å². The number of aryl methyl sites for hydroxylation is 1. The molecule has 0 radical (unpaired) electrons. The number of carboxylic acid groups (broad SMARTS) is 1. The molecule has 1 aliphatic carbocycles. The Hall–Kier alpha value is -2.49. The normalized spacial score (nSPS) is 17.6. The molecule has 2 aromatic rings. The minimum absolute atomic E-state index is 0.139. The molecule has 1 atom stereocenters. The lowest BCUT2D eigenvalue weighted by Crippen LogP contribution is -2.34. The minimum atomic E-state index is -0.973. The Balaban J connectivity index is 1.90. The first kappa shape index (κ1) is 19.3. The Morgan fingerprint density at radius 3 is 2.52 bits per heavy atom. The summed E-state index contributed by atoms with van der Waals surface area (Å²) in [5.74, 6) is 1.39. The molecule has 4 nitrogen and oxygen atoms in total. The minimum Gasteiger partial charge on any atom is -0.493 e. The first-order chi connectivity index (χ1) is 12.7. The summed E-state index contributed by atoms with van der Waals surface area (Å²) in [6, 6.07) is 12.4. The summed E-state index contributed by atoms with van der Waals surface area (Å²) in [5, 5.41) is 11.9. The Bertz CT molecular complexity index is 837. The Labute approximate surface area is 161 Å². The number of carbonyl (C=O) groups is 1. The molecule has 2 aromatic carbocycles. The first-order valence-electron chi connectivity index (χ1n) is 9.53. The van der Waals surface area contributed by atoms with Crippen LogP contribution < -0.4 is 10.1 Å². The van der Waals surface area contributed by atoms with Crippen LogP contribution in [0.15, 0.2) is 36.4 Å². The van der Waals surface area contributed by atoms with Crippen molar-refractivity contribution in [2.45, 2.75) is 47.1 Å². The van der Waals surface area contributed by atoms with E-state index < -0.39 is 6.09 Å². The van der Waals surface area contributed by atoms with Crippen LogP contribution in [0.3, 0.4) is 0 Å². The molecule has 144 valence electrons. The van der Waals surface area contributed by atoms with Crippen LogP contribution in [0.25, 0.3) is 11.1 Å². The number of rotatable bonds is 5. The molecule has 1 amide bonds. The second kappa shape index (κ2) is 7.26. The van der Waals surface area contributed by atoms with Crippen molar-refractivity contribution in [3.05, 3.63) is 53.1 Å². The van der Waals surface area contributed by atoms with Gasteiger partial charge in [0, 0.05) is 0 Å². The maximum Gasteiger partial charge on any atom is 0.405 e. The van der Waals surface area contributed by atoms with Crippen LogP contribution in [0.1, 0.15) is 50.4 Å². The quantitative estimate of drug-likeness (QED) is 0.724. The lowest BCUT2D eigenvalue weighted by molar-refractivity contribution is 0.175. The molecule has 0 bridgehead atoms. The van der Waals surface area contributed by atoms with Crippen LogP contribution >= 0.6 is 0 Å². The number of ether oxygens (including phenoxy) is 1. The van der Waals surface area contributed by atoms with E-state index in [2.05, 4.69) is 64.2 Å². The third-order valence-corrected chi connectivity index (χ3v) is 5.24. The summed E-state index contributed by atoms with van der Waals surface area (Å²) >= 11 is 0. The molecule has 0 spiro atoms. The van der Waals surface area contributed by atoms with Crippen molar-refractivity contribution in [3.8, 4) is 16.9 Å². The first-order valence-corrected chi connectivity index (χ1v) is 9.53. The summed E-state index contributed by atoms with van der Waals surface area (Å²) in [6.45, 7) is 11.3. The van der Waals surface area contributed by atoms with Gasteiger partial charge in [-0.25, -0.2) is 4.79 Å². The van der Waals surface area contributed by atoms with Crippen LogP contribution in [0.4, 0.5) is 4.79 Å². The van der Waals surface area contributed by atoms with Gasteiger partial charge in [-0.05, 0) is 64.6 Å². The van der Waals surface area contributed by atoms with E-state index in [0.717, 1.165) is 28.9 Å².